The second-order valence-corrected chi connectivity index (χ2v) is 6.02. The van der Waals surface area contributed by atoms with Gasteiger partial charge in [-0.05, 0) is 36.4 Å². The van der Waals surface area contributed by atoms with Gasteiger partial charge in [0.05, 0.1) is 22.3 Å². The van der Waals surface area contributed by atoms with Crippen LogP contribution in [0.5, 0.6) is 0 Å². The van der Waals surface area contributed by atoms with E-state index in [2.05, 4.69) is 20.7 Å². The predicted molar refractivity (Wildman–Crippen MR) is 98.9 cm³/mol. The van der Waals surface area contributed by atoms with Crippen LogP contribution >= 0.6 is 23.2 Å². The van der Waals surface area contributed by atoms with E-state index >= 15 is 0 Å². The van der Waals surface area contributed by atoms with Crippen LogP contribution in [0.4, 0.5) is 10.5 Å². The molecule has 0 fully saturated rings. The molecule has 3 rings (SSSR count). The number of carbonyl (C=O) groups is 1. The fraction of sp³-hybridized carbons (Fsp3) is 0.118. The van der Waals surface area contributed by atoms with Crippen molar-refractivity contribution in [1.29, 1.82) is 0 Å². The molecule has 0 saturated carbocycles. The molecule has 6 nitrogen and oxygen atoms in total. The zero-order valence-electron chi connectivity index (χ0n) is 13.1. The summed E-state index contributed by atoms with van der Waals surface area (Å²) < 4.78 is 1.77. The lowest BCUT2D eigenvalue weighted by Crippen LogP contribution is -2.31. The van der Waals surface area contributed by atoms with E-state index in [0.717, 1.165) is 11.3 Å². The van der Waals surface area contributed by atoms with Crippen molar-refractivity contribution in [3.05, 3.63) is 65.0 Å². The van der Waals surface area contributed by atoms with Gasteiger partial charge in [0.2, 0.25) is 0 Å². The monoisotopic (exact) mass is 375 g/mol. The van der Waals surface area contributed by atoms with Crippen LogP contribution in [0.2, 0.25) is 10.0 Å². The Morgan fingerprint density at radius 3 is 2.64 bits per heavy atom. The Bertz CT molecular complexity index is 866. The number of urea groups is 1. The van der Waals surface area contributed by atoms with E-state index in [1.807, 2.05) is 24.4 Å². The van der Waals surface area contributed by atoms with E-state index in [1.54, 1.807) is 35.3 Å². The molecule has 2 heterocycles. The molecule has 0 aliphatic carbocycles. The number of hydrogen-bond donors (Lipinski definition) is 2. The van der Waals surface area contributed by atoms with Crippen LogP contribution in [0.15, 0.2) is 55.0 Å². The first kappa shape index (κ1) is 17.3. The molecule has 25 heavy (non-hydrogen) atoms. The van der Waals surface area contributed by atoms with Crippen LogP contribution in [0.1, 0.15) is 0 Å². The highest BCUT2D eigenvalue weighted by molar-refractivity contribution is 6.42. The van der Waals surface area contributed by atoms with E-state index < -0.39 is 0 Å². The van der Waals surface area contributed by atoms with Gasteiger partial charge in [-0.3, -0.25) is 9.67 Å². The molecule has 0 bridgehead atoms. The van der Waals surface area contributed by atoms with Gasteiger partial charge in [-0.1, -0.05) is 23.2 Å². The number of halogens is 2. The van der Waals surface area contributed by atoms with Crippen molar-refractivity contribution < 1.29 is 4.79 Å². The first-order chi connectivity index (χ1) is 12.1. The van der Waals surface area contributed by atoms with E-state index in [-0.39, 0.29) is 6.03 Å². The zero-order chi connectivity index (χ0) is 17.6. The molecule has 2 N–H and O–H groups in total. The lowest BCUT2D eigenvalue weighted by molar-refractivity contribution is 0.251. The maximum Gasteiger partial charge on any atom is 0.319 e. The quantitative estimate of drug-likeness (QED) is 0.705. The fourth-order valence-electron chi connectivity index (χ4n) is 2.20. The highest BCUT2D eigenvalue weighted by atomic mass is 35.5. The van der Waals surface area contributed by atoms with E-state index in [9.17, 15) is 4.79 Å². The second-order valence-electron chi connectivity index (χ2n) is 5.21. The smallest absolute Gasteiger partial charge is 0.319 e. The molecule has 1 aromatic carbocycles. The summed E-state index contributed by atoms with van der Waals surface area (Å²) in [5.74, 6) is 0. The minimum atomic E-state index is -0.320. The average molecular weight is 376 g/mol. The molecule has 0 unspecified atom stereocenters. The van der Waals surface area contributed by atoms with E-state index in [1.165, 1.54) is 0 Å². The highest BCUT2D eigenvalue weighted by Gasteiger charge is 2.05. The number of nitrogens with zero attached hydrogens (tertiary/aromatic N) is 3. The number of hydrogen-bond acceptors (Lipinski definition) is 3. The van der Waals surface area contributed by atoms with Crippen molar-refractivity contribution >= 4 is 34.9 Å². The largest absolute Gasteiger partial charge is 0.336 e. The van der Waals surface area contributed by atoms with E-state index in [4.69, 9.17) is 23.2 Å². The van der Waals surface area contributed by atoms with Gasteiger partial charge in [-0.2, -0.15) is 5.10 Å². The average Bonchev–Trinajstić information content (AvgIpc) is 3.08. The number of rotatable bonds is 5. The van der Waals surface area contributed by atoms with Crippen LogP contribution in [0, 0.1) is 0 Å². The van der Waals surface area contributed by atoms with Gasteiger partial charge in [-0.15, -0.1) is 0 Å². The normalized spacial score (nSPS) is 10.5. The Morgan fingerprint density at radius 1 is 1.08 bits per heavy atom. The molecular weight excluding hydrogens is 361 g/mol. The van der Waals surface area contributed by atoms with Crippen molar-refractivity contribution in [1.82, 2.24) is 20.1 Å². The number of nitrogens with one attached hydrogen (secondary N) is 2. The van der Waals surface area contributed by atoms with Crippen molar-refractivity contribution in [2.75, 3.05) is 11.9 Å². The molecule has 0 spiro atoms. The minimum Gasteiger partial charge on any atom is -0.336 e. The highest BCUT2D eigenvalue weighted by Crippen LogP contribution is 2.24. The van der Waals surface area contributed by atoms with Crippen LogP contribution in [0.3, 0.4) is 0 Å². The lowest BCUT2D eigenvalue weighted by Gasteiger charge is -2.08. The second kappa shape index (κ2) is 8.00. The minimum absolute atomic E-state index is 0.320. The summed E-state index contributed by atoms with van der Waals surface area (Å²) in [4.78, 5) is 15.9. The Hall–Kier alpha value is -2.57. The molecule has 2 amide bonds. The SMILES string of the molecule is O=C(NCCn1ccc(-c2ccncc2)n1)Nc1ccc(Cl)c(Cl)c1. The summed E-state index contributed by atoms with van der Waals surface area (Å²) in [6, 6.07) is 10.3. The first-order valence-corrected chi connectivity index (χ1v) is 8.31. The third-order valence-electron chi connectivity index (χ3n) is 3.42. The van der Waals surface area contributed by atoms with Gasteiger partial charge in [0.1, 0.15) is 0 Å². The summed E-state index contributed by atoms with van der Waals surface area (Å²) in [7, 11) is 0. The molecule has 0 aliphatic heterocycles. The van der Waals surface area contributed by atoms with Gasteiger partial charge in [-0.25, -0.2) is 4.79 Å². The molecule has 2 aromatic heterocycles. The summed E-state index contributed by atoms with van der Waals surface area (Å²) in [6.07, 6.45) is 5.32. The number of aromatic nitrogens is 3. The Kier molecular flexibility index (Phi) is 5.53. The molecule has 0 atom stereocenters. The Morgan fingerprint density at radius 2 is 1.88 bits per heavy atom. The molecule has 128 valence electrons. The summed E-state index contributed by atoms with van der Waals surface area (Å²) in [6.45, 7) is 0.991. The Labute approximate surface area is 154 Å². The molecule has 0 radical (unpaired) electrons. The third kappa shape index (κ3) is 4.71. The van der Waals surface area contributed by atoms with Crippen molar-refractivity contribution in [3.63, 3.8) is 0 Å². The zero-order valence-corrected chi connectivity index (χ0v) is 14.6. The van der Waals surface area contributed by atoms with E-state index in [0.29, 0.717) is 28.8 Å². The summed E-state index contributed by atoms with van der Waals surface area (Å²) >= 11 is 11.8. The van der Waals surface area contributed by atoms with Gasteiger partial charge in [0.15, 0.2) is 0 Å². The van der Waals surface area contributed by atoms with Crippen molar-refractivity contribution in [2.45, 2.75) is 6.54 Å². The number of benzene rings is 1. The van der Waals surface area contributed by atoms with Crippen LogP contribution in [-0.2, 0) is 6.54 Å². The number of carbonyl (C=O) groups excluding carboxylic acids is 1. The van der Waals surface area contributed by atoms with Crippen LogP contribution in [0.25, 0.3) is 11.3 Å². The molecule has 8 heteroatoms. The van der Waals surface area contributed by atoms with Gasteiger partial charge in [0.25, 0.3) is 0 Å². The standard InChI is InChI=1S/C17H15Cl2N5O/c18-14-2-1-13(11-15(14)19)22-17(25)21-8-10-24-9-5-16(23-24)12-3-6-20-7-4-12/h1-7,9,11H,8,10H2,(H2,21,22,25). The van der Waals surface area contributed by atoms with Crippen LogP contribution < -0.4 is 10.6 Å². The molecule has 0 aliphatic rings. The maximum atomic E-state index is 11.9. The van der Waals surface area contributed by atoms with Gasteiger partial charge in [0, 0.05) is 36.4 Å². The number of anilines is 1. The fourth-order valence-corrected chi connectivity index (χ4v) is 2.49. The maximum absolute atomic E-state index is 11.9. The molecule has 0 saturated heterocycles. The summed E-state index contributed by atoms with van der Waals surface area (Å²) in [5, 5.41) is 10.8. The first-order valence-electron chi connectivity index (χ1n) is 7.55. The number of pyridine rings is 1. The number of amides is 2. The van der Waals surface area contributed by atoms with Crippen molar-refractivity contribution in [2.24, 2.45) is 0 Å². The van der Waals surface area contributed by atoms with Gasteiger partial charge >= 0.3 is 6.03 Å². The predicted octanol–water partition coefficient (Wildman–Crippen LogP) is 4.07. The third-order valence-corrected chi connectivity index (χ3v) is 4.16. The Balaban J connectivity index is 1.48. The van der Waals surface area contributed by atoms with Crippen LogP contribution in [-0.4, -0.2) is 27.3 Å². The summed E-state index contributed by atoms with van der Waals surface area (Å²) in [5.41, 5.74) is 2.44. The van der Waals surface area contributed by atoms with Gasteiger partial charge < -0.3 is 10.6 Å². The lowest BCUT2D eigenvalue weighted by atomic mass is 10.2. The molecular formula is C17H15Cl2N5O. The topological polar surface area (TPSA) is 71.8 Å². The van der Waals surface area contributed by atoms with Crippen molar-refractivity contribution in [3.8, 4) is 11.3 Å². The molecule has 3 aromatic rings.